The van der Waals surface area contributed by atoms with Crippen LogP contribution in [0.3, 0.4) is 0 Å². The first-order valence-corrected chi connectivity index (χ1v) is 11.1. The first-order valence-electron chi connectivity index (χ1n) is 9.47. The lowest BCUT2D eigenvalue weighted by Crippen LogP contribution is -2.37. The van der Waals surface area contributed by atoms with E-state index in [0.717, 1.165) is 32.5 Å². The third-order valence-corrected chi connectivity index (χ3v) is 7.02. The number of nitrogens with zero attached hydrogens (tertiary/aromatic N) is 2. The Bertz CT molecular complexity index is 1210. The number of benzene rings is 2. The van der Waals surface area contributed by atoms with Crippen molar-refractivity contribution >= 4 is 43.4 Å². The lowest BCUT2D eigenvalue weighted by molar-refractivity contribution is 0.0724. The van der Waals surface area contributed by atoms with Crippen molar-refractivity contribution in [3.63, 3.8) is 0 Å². The molecule has 6 heteroatoms. The number of fused-ring (bicyclic) bond motifs is 2. The van der Waals surface area contributed by atoms with Crippen molar-refractivity contribution in [2.75, 3.05) is 6.54 Å². The van der Waals surface area contributed by atoms with Crippen molar-refractivity contribution in [1.82, 2.24) is 9.47 Å². The highest BCUT2D eigenvalue weighted by Crippen LogP contribution is 2.34. The zero-order valence-electron chi connectivity index (χ0n) is 15.6. The van der Waals surface area contributed by atoms with Gasteiger partial charge in [0.15, 0.2) is 0 Å². The summed E-state index contributed by atoms with van der Waals surface area (Å²) in [6, 6.07) is 18.8. The van der Waals surface area contributed by atoms with Gasteiger partial charge in [0, 0.05) is 19.6 Å². The van der Waals surface area contributed by atoms with Gasteiger partial charge in [0.05, 0.1) is 14.0 Å². The summed E-state index contributed by atoms with van der Waals surface area (Å²) in [4.78, 5) is 15.4. The highest BCUT2D eigenvalue weighted by Gasteiger charge is 2.25. The molecule has 0 N–H and O–H groups in total. The number of rotatable bonds is 3. The molecule has 0 unspecified atom stereocenters. The number of aromatic nitrogens is 1. The minimum Gasteiger partial charge on any atom is -0.333 e. The summed E-state index contributed by atoms with van der Waals surface area (Å²) in [7, 11) is 0. The number of carbonyl (C=O) groups is 1. The Hall–Kier alpha value is -2.44. The van der Waals surface area contributed by atoms with Crippen molar-refractivity contribution in [3.8, 4) is 0 Å². The predicted octanol–water partition coefficient (Wildman–Crippen LogP) is 5.85. The summed E-state index contributed by atoms with van der Waals surface area (Å²) in [5.41, 5.74) is 5.20. The summed E-state index contributed by atoms with van der Waals surface area (Å²) in [6.45, 7) is 1.88. The van der Waals surface area contributed by atoms with E-state index in [9.17, 15) is 9.18 Å². The third kappa shape index (κ3) is 3.51. The molecule has 4 aromatic rings. The molecule has 1 amide bonds. The number of halogens is 2. The summed E-state index contributed by atoms with van der Waals surface area (Å²) < 4.78 is 17.5. The lowest BCUT2D eigenvalue weighted by atomic mass is 10.00. The van der Waals surface area contributed by atoms with Crippen LogP contribution in [0, 0.1) is 5.82 Å². The minimum atomic E-state index is -0.257. The molecule has 2 aromatic carbocycles. The van der Waals surface area contributed by atoms with Crippen LogP contribution in [0.25, 0.3) is 10.2 Å². The molecule has 0 fully saturated rings. The van der Waals surface area contributed by atoms with Gasteiger partial charge in [-0.2, -0.15) is 0 Å². The molecular weight excluding hydrogens is 451 g/mol. The highest BCUT2D eigenvalue weighted by molar-refractivity contribution is 9.11. The molecule has 1 aliphatic heterocycles. The molecule has 0 spiro atoms. The van der Waals surface area contributed by atoms with Crippen LogP contribution in [0.1, 0.15) is 27.2 Å². The van der Waals surface area contributed by atoms with Crippen molar-refractivity contribution < 1.29 is 9.18 Å². The smallest absolute Gasteiger partial charge is 0.270 e. The van der Waals surface area contributed by atoms with Gasteiger partial charge >= 0.3 is 0 Å². The third-order valence-electron chi connectivity index (χ3n) is 5.45. The Labute approximate surface area is 180 Å². The van der Waals surface area contributed by atoms with Gasteiger partial charge in [0.1, 0.15) is 11.5 Å². The average Bonchev–Trinajstić information content (AvgIpc) is 3.25. The fraction of sp³-hybridized carbons (Fsp3) is 0.174. The van der Waals surface area contributed by atoms with E-state index >= 15 is 0 Å². The van der Waals surface area contributed by atoms with Gasteiger partial charge in [0.2, 0.25) is 0 Å². The molecule has 0 bridgehead atoms. The number of thiophene rings is 1. The second-order valence-corrected chi connectivity index (χ2v) is 9.75. The molecule has 0 saturated carbocycles. The summed E-state index contributed by atoms with van der Waals surface area (Å²) in [6.07, 6.45) is 0.875. The van der Waals surface area contributed by atoms with Crippen molar-refractivity contribution in [3.05, 3.63) is 92.7 Å². The topological polar surface area (TPSA) is 25.2 Å². The van der Waals surface area contributed by atoms with Crippen molar-refractivity contribution in [1.29, 1.82) is 0 Å². The van der Waals surface area contributed by atoms with Gasteiger partial charge in [-0.05, 0) is 63.3 Å². The van der Waals surface area contributed by atoms with Crippen LogP contribution >= 0.6 is 27.3 Å². The van der Waals surface area contributed by atoms with E-state index in [-0.39, 0.29) is 11.7 Å². The number of hydrogen-bond donors (Lipinski definition) is 0. The Morgan fingerprint density at radius 3 is 2.62 bits per heavy atom. The molecule has 0 aliphatic carbocycles. The monoisotopic (exact) mass is 468 g/mol. The molecule has 29 heavy (non-hydrogen) atoms. The first kappa shape index (κ1) is 18.6. The molecule has 0 radical (unpaired) electrons. The van der Waals surface area contributed by atoms with Crippen molar-refractivity contribution in [2.24, 2.45) is 0 Å². The Morgan fingerprint density at radius 1 is 1.07 bits per heavy atom. The summed E-state index contributed by atoms with van der Waals surface area (Å²) >= 11 is 5.17. The molecule has 5 rings (SSSR count). The van der Waals surface area contributed by atoms with Crippen molar-refractivity contribution in [2.45, 2.75) is 19.5 Å². The molecule has 0 saturated heterocycles. The summed E-state index contributed by atoms with van der Waals surface area (Å²) in [5.74, 6) is -0.214. The standard InChI is InChI=1S/C23H18BrFN2OS/c24-22-12-19-21(29-22)11-20(27(19)13-15-5-7-18(25)8-6-15)23(28)26-10-9-16-3-1-2-4-17(16)14-26/h1-8,11-12H,9-10,13-14H2. The second kappa shape index (κ2) is 7.43. The molecule has 0 atom stereocenters. The van der Waals surface area contributed by atoms with Crippen LogP contribution in [-0.4, -0.2) is 21.9 Å². The molecule has 1 aliphatic rings. The van der Waals surface area contributed by atoms with Crippen LogP contribution in [0.15, 0.2) is 64.5 Å². The predicted molar refractivity (Wildman–Crippen MR) is 118 cm³/mol. The molecular formula is C23H18BrFN2OS. The molecule has 3 heterocycles. The van der Waals surface area contributed by atoms with Crippen LogP contribution in [-0.2, 0) is 19.5 Å². The minimum absolute atomic E-state index is 0.0427. The maximum atomic E-state index is 13.5. The van der Waals surface area contributed by atoms with Crippen LogP contribution in [0.4, 0.5) is 4.39 Å². The largest absolute Gasteiger partial charge is 0.333 e. The van der Waals surface area contributed by atoms with Gasteiger partial charge in [-0.1, -0.05) is 36.4 Å². The van der Waals surface area contributed by atoms with Gasteiger partial charge in [-0.15, -0.1) is 11.3 Å². The number of carbonyl (C=O) groups excluding carboxylic acids is 1. The fourth-order valence-electron chi connectivity index (χ4n) is 3.96. The van der Waals surface area contributed by atoms with Gasteiger partial charge < -0.3 is 9.47 Å². The van der Waals surface area contributed by atoms with Gasteiger partial charge in [-0.3, -0.25) is 4.79 Å². The maximum Gasteiger partial charge on any atom is 0.270 e. The zero-order valence-corrected chi connectivity index (χ0v) is 18.0. The maximum absolute atomic E-state index is 13.5. The van der Waals surface area contributed by atoms with Crippen LogP contribution in [0.5, 0.6) is 0 Å². The van der Waals surface area contributed by atoms with E-state index in [4.69, 9.17) is 0 Å². The van der Waals surface area contributed by atoms with Crippen LogP contribution in [0.2, 0.25) is 0 Å². The first-order chi connectivity index (χ1) is 14.1. The van der Waals surface area contributed by atoms with E-state index in [0.29, 0.717) is 18.8 Å². The fourth-order valence-corrected chi connectivity index (χ4v) is 5.53. The van der Waals surface area contributed by atoms with E-state index in [1.54, 1.807) is 23.5 Å². The zero-order chi connectivity index (χ0) is 20.0. The summed E-state index contributed by atoms with van der Waals surface area (Å²) in [5, 5.41) is 0. The van der Waals surface area contributed by atoms with E-state index in [1.807, 2.05) is 27.7 Å². The average molecular weight is 469 g/mol. The number of amides is 1. The Balaban J connectivity index is 1.51. The van der Waals surface area contributed by atoms with Gasteiger partial charge in [0.25, 0.3) is 5.91 Å². The number of hydrogen-bond acceptors (Lipinski definition) is 2. The van der Waals surface area contributed by atoms with Crippen LogP contribution < -0.4 is 0 Å². The highest BCUT2D eigenvalue weighted by atomic mass is 79.9. The van der Waals surface area contributed by atoms with Gasteiger partial charge in [-0.25, -0.2) is 4.39 Å². The Kier molecular flexibility index (Phi) is 4.76. The van der Waals surface area contributed by atoms with E-state index in [1.165, 1.54) is 23.3 Å². The molecule has 2 aromatic heterocycles. The quantitative estimate of drug-likeness (QED) is 0.370. The van der Waals surface area contributed by atoms with E-state index < -0.39 is 0 Å². The normalized spacial score (nSPS) is 13.7. The second-order valence-electron chi connectivity index (χ2n) is 7.29. The Morgan fingerprint density at radius 2 is 1.83 bits per heavy atom. The molecule has 146 valence electrons. The molecule has 3 nitrogen and oxygen atoms in total. The SMILES string of the molecule is O=C(c1cc2sc(Br)cc2n1Cc1ccc(F)cc1)N1CCc2ccccc2C1. The van der Waals surface area contributed by atoms with E-state index in [2.05, 4.69) is 34.1 Å². The lowest BCUT2D eigenvalue weighted by Gasteiger charge is -2.29.